The molecule has 142 valence electrons. The third-order valence-corrected chi connectivity index (χ3v) is 5.18. The molecule has 0 spiro atoms. The zero-order valence-electron chi connectivity index (χ0n) is 15.3. The number of rotatable bonds is 5. The van der Waals surface area contributed by atoms with Crippen molar-refractivity contribution >= 4 is 50.5 Å². The van der Waals surface area contributed by atoms with Gasteiger partial charge in [0.2, 0.25) is 0 Å². The van der Waals surface area contributed by atoms with Crippen LogP contribution in [0, 0.1) is 19.3 Å². The number of ether oxygens (including phenoxy) is 2. The number of aliphatic imine (C=N–C) groups is 1. The number of aryl methyl sites for hydroxylation is 1. The summed E-state index contributed by atoms with van der Waals surface area (Å²) < 4.78 is 11.8. The molecular weight excluding hydrogens is 440 g/mol. The Hall–Kier alpha value is -2.69. The second-order valence-corrected chi connectivity index (χ2v) is 7.78. The third-order valence-electron chi connectivity index (χ3n) is 3.78. The Kier molecular flexibility index (Phi) is 6.45. The van der Waals surface area contributed by atoms with Gasteiger partial charge in [0.1, 0.15) is 23.8 Å². The fourth-order valence-electron chi connectivity index (χ4n) is 2.50. The van der Waals surface area contributed by atoms with E-state index in [4.69, 9.17) is 15.9 Å². The van der Waals surface area contributed by atoms with Gasteiger partial charge in [0.25, 0.3) is 5.91 Å². The molecule has 1 heterocycles. The lowest BCUT2D eigenvalue weighted by Crippen LogP contribution is -2.19. The highest BCUT2D eigenvalue weighted by Crippen LogP contribution is 2.34. The fourth-order valence-corrected chi connectivity index (χ4v) is 3.71. The van der Waals surface area contributed by atoms with Crippen LogP contribution in [0.1, 0.15) is 11.1 Å². The van der Waals surface area contributed by atoms with E-state index in [1.807, 2.05) is 37.3 Å². The number of methoxy groups -OCH3 is 1. The lowest BCUT2D eigenvalue weighted by molar-refractivity contribution is -0.115. The van der Waals surface area contributed by atoms with Gasteiger partial charge in [-0.25, -0.2) is 4.99 Å². The van der Waals surface area contributed by atoms with Gasteiger partial charge in [0.15, 0.2) is 5.17 Å². The van der Waals surface area contributed by atoms with Gasteiger partial charge in [0.05, 0.1) is 12.0 Å². The van der Waals surface area contributed by atoms with Crippen LogP contribution >= 0.6 is 27.7 Å². The van der Waals surface area contributed by atoms with Crippen molar-refractivity contribution in [2.75, 3.05) is 13.7 Å². The minimum atomic E-state index is -0.224. The summed E-state index contributed by atoms with van der Waals surface area (Å²) in [5.74, 6) is 3.46. The molecular formula is C21H17BrN2O3S. The van der Waals surface area contributed by atoms with Gasteiger partial charge in [-0.15, -0.1) is 6.42 Å². The molecule has 28 heavy (non-hydrogen) atoms. The first-order chi connectivity index (χ1) is 13.5. The summed E-state index contributed by atoms with van der Waals surface area (Å²) in [5.41, 5.74) is 2.46. The van der Waals surface area contributed by atoms with Crippen molar-refractivity contribution in [3.63, 3.8) is 0 Å². The van der Waals surface area contributed by atoms with Crippen LogP contribution < -0.4 is 14.8 Å². The molecule has 0 aliphatic carbocycles. The van der Waals surface area contributed by atoms with Crippen molar-refractivity contribution in [2.45, 2.75) is 6.92 Å². The maximum absolute atomic E-state index is 12.4. The number of hydrogen-bond donors (Lipinski definition) is 1. The number of benzene rings is 2. The monoisotopic (exact) mass is 456 g/mol. The summed E-state index contributed by atoms with van der Waals surface area (Å²) in [4.78, 5) is 17.5. The molecule has 1 aliphatic heterocycles. The van der Waals surface area contributed by atoms with Gasteiger partial charge in [-0.1, -0.05) is 27.9 Å². The summed E-state index contributed by atoms with van der Waals surface area (Å²) in [6.45, 7) is 2.12. The molecule has 2 aromatic carbocycles. The highest BCUT2D eigenvalue weighted by Gasteiger charge is 2.24. The van der Waals surface area contributed by atoms with E-state index in [2.05, 4.69) is 32.2 Å². The number of amidine groups is 1. The van der Waals surface area contributed by atoms with Crippen molar-refractivity contribution in [3.8, 4) is 23.8 Å². The molecule has 1 N–H and O–H groups in total. The van der Waals surface area contributed by atoms with Crippen LogP contribution in [0.15, 0.2) is 50.8 Å². The normalized spacial score (nSPS) is 16.1. The Morgan fingerprint density at radius 2 is 2.07 bits per heavy atom. The predicted octanol–water partition coefficient (Wildman–Crippen LogP) is 4.67. The summed E-state index contributed by atoms with van der Waals surface area (Å²) in [5, 5.41) is 3.27. The molecule has 0 atom stereocenters. The van der Waals surface area contributed by atoms with Crippen molar-refractivity contribution < 1.29 is 14.3 Å². The molecule has 5 nitrogen and oxygen atoms in total. The van der Waals surface area contributed by atoms with E-state index in [9.17, 15) is 4.79 Å². The highest BCUT2D eigenvalue weighted by molar-refractivity contribution is 9.10. The smallest absolute Gasteiger partial charge is 0.264 e. The first kappa shape index (κ1) is 20.1. The largest absolute Gasteiger partial charge is 0.494 e. The number of nitrogens with zero attached hydrogens (tertiary/aromatic N) is 1. The zero-order valence-corrected chi connectivity index (χ0v) is 17.7. The first-order valence-corrected chi connectivity index (χ1v) is 9.91. The van der Waals surface area contributed by atoms with Crippen molar-refractivity contribution in [1.82, 2.24) is 5.32 Å². The number of terminal acetylenes is 1. The second kappa shape index (κ2) is 9.00. The molecule has 0 aromatic heterocycles. The molecule has 1 saturated heterocycles. The van der Waals surface area contributed by atoms with Gasteiger partial charge in [-0.2, -0.15) is 0 Å². The van der Waals surface area contributed by atoms with Crippen LogP contribution in [0.25, 0.3) is 6.08 Å². The number of amides is 1. The number of carbonyl (C=O) groups is 1. The van der Waals surface area contributed by atoms with E-state index >= 15 is 0 Å². The van der Waals surface area contributed by atoms with Gasteiger partial charge in [0, 0.05) is 10.0 Å². The second-order valence-electron chi connectivity index (χ2n) is 5.83. The fraction of sp³-hybridized carbons (Fsp3) is 0.143. The van der Waals surface area contributed by atoms with Crippen LogP contribution in [-0.2, 0) is 4.79 Å². The Balaban J connectivity index is 1.91. The molecule has 3 rings (SSSR count). The lowest BCUT2D eigenvalue weighted by Gasteiger charge is -2.07. The van der Waals surface area contributed by atoms with Crippen LogP contribution in [0.4, 0.5) is 5.69 Å². The molecule has 0 bridgehead atoms. The molecule has 1 aliphatic rings. The van der Waals surface area contributed by atoms with Crippen LogP contribution in [-0.4, -0.2) is 24.8 Å². The van der Waals surface area contributed by atoms with E-state index < -0.39 is 0 Å². The summed E-state index contributed by atoms with van der Waals surface area (Å²) in [6, 6.07) is 11.2. The van der Waals surface area contributed by atoms with Crippen LogP contribution in [0.5, 0.6) is 11.5 Å². The third kappa shape index (κ3) is 4.77. The Bertz CT molecular complexity index is 1020. The molecule has 0 unspecified atom stereocenters. The van der Waals surface area contributed by atoms with Crippen molar-refractivity contribution in [3.05, 3.63) is 56.9 Å². The average Bonchev–Trinajstić information content (AvgIpc) is 3.00. The topological polar surface area (TPSA) is 59.9 Å². The molecule has 0 radical (unpaired) electrons. The minimum Gasteiger partial charge on any atom is -0.494 e. The van der Waals surface area contributed by atoms with Crippen molar-refractivity contribution in [1.29, 1.82) is 0 Å². The molecule has 1 fully saturated rings. The summed E-state index contributed by atoms with van der Waals surface area (Å²) >= 11 is 4.69. The molecule has 0 saturated carbocycles. The van der Waals surface area contributed by atoms with E-state index in [-0.39, 0.29) is 12.5 Å². The maximum atomic E-state index is 12.4. The number of nitrogens with one attached hydrogen (secondary N) is 1. The lowest BCUT2D eigenvalue weighted by atomic mass is 10.2. The number of carbonyl (C=O) groups excluding carboxylic acids is 1. The highest BCUT2D eigenvalue weighted by atomic mass is 79.9. The van der Waals surface area contributed by atoms with Crippen LogP contribution in [0.2, 0.25) is 0 Å². The van der Waals surface area contributed by atoms with Gasteiger partial charge < -0.3 is 14.8 Å². The van der Waals surface area contributed by atoms with Gasteiger partial charge in [-0.3, -0.25) is 4.79 Å². The van der Waals surface area contributed by atoms with Gasteiger partial charge in [-0.05, 0) is 60.7 Å². The standard InChI is InChI=1S/C21H17BrN2O3S/c1-4-9-27-17-8-6-15(22)11-14(17)12-19-20(25)24-21(28-19)23-16-10-13(2)5-7-18(16)26-3/h1,5-8,10-12H,9H2,2-3H3,(H,23,24,25)/b19-12-. The van der Waals surface area contributed by atoms with E-state index in [0.29, 0.717) is 27.3 Å². The quantitative estimate of drug-likeness (QED) is 0.524. The van der Waals surface area contributed by atoms with E-state index in [1.165, 1.54) is 11.8 Å². The van der Waals surface area contributed by atoms with Crippen molar-refractivity contribution in [2.24, 2.45) is 4.99 Å². The van der Waals surface area contributed by atoms with E-state index in [1.54, 1.807) is 19.3 Å². The SMILES string of the molecule is C#CCOc1ccc(Br)cc1/C=C1\SC(=Nc2cc(C)ccc2OC)NC1=O. The number of halogens is 1. The van der Waals surface area contributed by atoms with Gasteiger partial charge >= 0.3 is 0 Å². The number of thioether (sulfide) groups is 1. The molecule has 7 heteroatoms. The zero-order chi connectivity index (χ0) is 20.1. The van der Waals surface area contributed by atoms with E-state index in [0.717, 1.165) is 15.6 Å². The van der Waals surface area contributed by atoms with Crippen LogP contribution in [0.3, 0.4) is 0 Å². The Labute approximate surface area is 176 Å². The Morgan fingerprint density at radius 1 is 1.29 bits per heavy atom. The summed E-state index contributed by atoms with van der Waals surface area (Å²) in [6.07, 6.45) is 7.03. The maximum Gasteiger partial charge on any atom is 0.264 e. The Morgan fingerprint density at radius 3 is 2.82 bits per heavy atom. The average molecular weight is 457 g/mol. The molecule has 1 amide bonds. The minimum absolute atomic E-state index is 0.150. The summed E-state index contributed by atoms with van der Waals surface area (Å²) in [7, 11) is 1.59. The first-order valence-electron chi connectivity index (χ1n) is 8.30. The predicted molar refractivity (Wildman–Crippen MR) is 117 cm³/mol. The molecule has 2 aromatic rings. The number of hydrogen-bond acceptors (Lipinski definition) is 5.